The number of piperidine rings is 1. The van der Waals surface area contributed by atoms with E-state index in [1.54, 1.807) is 0 Å². The van der Waals surface area contributed by atoms with Gasteiger partial charge in [-0.2, -0.15) is 23.1 Å². The highest BCUT2D eigenvalue weighted by molar-refractivity contribution is 7.23. The minimum atomic E-state index is -5.08. The summed E-state index contributed by atoms with van der Waals surface area (Å²) in [6.45, 7) is 10.5. The number of nitrogen functional groups attached to an aromatic ring is 1. The molecule has 4 fully saturated rings. The Morgan fingerprint density at radius 1 is 1.10 bits per heavy atom. The van der Waals surface area contributed by atoms with E-state index in [2.05, 4.69) is 20.1 Å². The van der Waals surface area contributed by atoms with Gasteiger partial charge in [0.1, 0.15) is 30.2 Å². The smallest absolute Gasteiger partial charge is 0.417 e. The second-order valence-corrected chi connectivity index (χ2v) is 15.5. The molecular weight excluding hydrogens is 694 g/mol. The number of anilines is 1. The zero-order valence-electron chi connectivity index (χ0n) is 27.6. The van der Waals surface area contributed by atoms with Crippen LogP contribution in [0.4, 0.5) is 37.0 Å². The summed E-state index contributed by atoms with van der Waals surface area (Å²) in [4.78, 5) is 14.1. The van der Waals surface area contributed by atoms with Crippen molar-refractivity contribution >= 4 is 43.0 Å². The van der Waals surface area contributed by atoms with Crippen molar-refractivity contribution in [3.8, 4) is 23.0 Å². The number of benzene rings is 2. The number of ether oxygens (including phenoxy) is 2. The Morgan fingerprint density at radius 3 is 2.59 bits per heavy atom. The largest absolute Gasteiger partial charge is 0.474 e. The molecule has 1 spiro atoms. The molecule has 3 N–H and O–H groups in total. The second-order valence-electron chi connectivity index (χ2n) is 14.5. The van der Waals surface area contributed by atoms with Crippen LogP contribution in [0.2, 0.25) is 0 Å². The summed E-state index contributed by atoms with van der Waals surface area (Å²) in [6, 6.07) is 2.41. The number of rotatable bonds is 6. The van der Waals surface area contributed by atoms with Gasteiger partial charge in [0.05, 0.1) is 32.8 Å². The fraction of sp³-hybridized carbons (Fsp3) is 0.528. The van der Waals surface area contributed by atoms with Crippen molar-refractivity contribution in [1.82, 2.24) is 20.2 Å². The molecule has 0 bridgehead atoms. The summed E-state index contributed by atoms with van der Waals surface area (Å²) in [5, 5.41) is 2.78. The molecule has 4 aliphatic rings. The first kappa shape index (κ1) is 34.2. The van der Waals surface area contributed by atoms with Crippen LogP contribution in [-0.4, -0.2) is 65.5 Å². The van der Waals surface area contributed by atoms with Gasteiger partial charge in [0.2, 0.25) is 11.6 Å². The average molecular weight is 731 g/mol. The quantitative estimate of drug-likeness (QED) is 0.152. The van der Waals surface area contributed by atoms with Crippen LogP contribution in [0.3, 0.4) is 0 Å². The molecule has 3 aliphatic heterocycles. The Balaban J connectivity index is 1.26. The zero-order valence-corrected chi connectivity index (χ0v) is 28.5. The highest BCUT2D eigenvalue weighted by Crippen LogP contribution is 2.51. The van der Waals surface area contributed by atoms with E-state index in [1.165, 1.54) is 0 Å². The molecule has 8 rings (SSSR count). The highest BCUT2D eigenvalue weighted by atomic mass is 32.1. The summed E-state index contributed by atoms with van der Waals surface area (Å²) in [5.41, 5.74) is 2.22. The maximum Gasteiger partial charge on any atom is 0.417 e. The molecule has 2 aromatic heterocycles. The van der Waals surface area contributed by atoms with Gasteiger partial charge in [-0.05, 0) is 94.1 Å². The van der Waals surface area contributed by atoms with Crippen molar-refractivity contribution in [3.05, 3.63) is 46.8 Å². The maximum absolute atomic E-state index is 17.0. The third-order valence-electron chi connectivity index (χ3n) is 11.5. The van der Waals surface area contributed by atoms with Gasteiger partial charge in [0.15, 0.2) is 5.82 Å². The molecule has 8 nitrogen and oxygen atoms in total. The van der Waals surface area contributed by atoms with Crippen LogP contribution >= 0.6 is 11.3 Å². The van der Waals surface area contributed by atoms with Gasteiger partial charge < -0.3 is 20.5 Å². The Bertz CT molecular complexity index is 2050. The first-order chi connectivity index (χ1) is 24.4. The molecule has 2 aromatic carbocycles. The molecule has 0 unspecified atom stereocenters. The fourth-order valence-corrected chi connectivity index (χ4v) is 9.84. The molecule has 3 saturated heterocycles. The predicted octanol–water partition coefficient (Wildman–Crippen LogP) is 8.59. The molecule has 2 atom stereocenters. The van der Waals surface area contributed by atoms with Crippen LogP contribution in [0.25, 0.3) is 37.0 Å². The molecule has 51 heavy (non-hydrogen) atoms. The minimum Gasteiger partial charge on any atom is -0.474 e. The number of aromatic nitrogens is 2. The van der Waals surface area contributed by atoms with Crippen LogP contribution in [0.1, 0.15) is 63.4 Å². The van der Waals surface area contributed by atoms with Crippen LogP contribution in [0.15, 0.2) is 18.2 Å². The van der Waals surface area contributed by atoms with E-state index in [-0.39, 0.29) is 74.7 Å². The van der Waals surface area contributed by atoms with Crippen LogP contribution in [0, 0.1) is 23.6 Å². The van der Waals surface area contributed by atoms with E-state index in [4.69, 9.17) is 21.8 Å². The van der Waals surface area contributed by atoms with E-state index in [0.717, 1.165) is 63.4 Å². The lowest BCUT2D eigenvalue weighted by molar-refractivity contribution is -0.137. The number of hydrogen-bond donors (Lipinski definition) is 2. The third kappa shape index (κ3) is 5.93. The van der Waals surface area contributed by atoms with Gasteiger partial charge in [-0.3, -0.25) is 4.90 Å². The van der Waals surface area contributed by atoms with Crippen molar-refractivity contribution in [2.45, 2.75) is 81.8 Å². The number of nitrogens with zero attached hydrogens (tertiary/aromatic N) is 4. The summed E-state index contributed by atoms with van der Waals surface area (Å²) in [6.07, 6.45) is 0.443. The number of thiophene rings is 1. The fourth-order valence-electron chi connectivity index (χ4n) is 8.90. The van der Waals surface area contributed by atoms with Crippen molar-refractivity contribution < 1.29 is 35.8 Å². The normalized spacial score (nSPS) is 24.0. The highest BCUT2D eigenvalue weighted by Gasteiger charge is 2.49. The van der Waals surface area contributed by atoms with E-state index in [9.17, 15) is 22.0 Å². The van der Waals surface area contributed by atoms with Gasteiger partial charge >= 0.3 is 12.2 Å². The summed E-state index contributed by atoms with van der Waals surface area (Å²) in [7, 11) is 0. The molecule has 15 heteroatoms. The first-order valence-corrected chi connectivity index (χ1v) is 18.1. The lowest BCUT2D eigenvalue weighted by Crippen LogP contribution is -2.43. The minimum absolute atomic E-state index is 0.00852. The van der Waals surface area contributed by atoms with E-state index in [1.807, 2.05) is 4.90 Å². The lowest BCUT2D eigenvalue weighted by Gasteiger charge is -2.43. The second kappa shape index (κ2) is 12.7. The van der Waals surface area contributed by atoms with Crippen LogP contribution < -0.4 is 20.5 Å². The van der Waals surface area contributed by atoms with Gasteiger partial charge in [0, 0.05) is 23.9 Å². The van der Waals surface area contributed by atoms with Gasteiger partial charge in [-0.1, -0.05) is 6.07 Å². The molecular formula is C36H36F6N6O2S. The summed E-state index contributed by atoms with van der Waals surface area (Å²) in [5.74, 6) is -2.39. The van der Waals surface area contributed by atoms with Crippen LogP contribution in [-0.2, 0) is 6.18 Å². The Labute approximate surface area is 294 Å². The summed E-state index contributed by atoms with van der Waals surface area (Å²) >= 11 is 0.705. The average Bonchev–Trinajstić information content (AvgIpc) is 3.75. The van der Waals surface area contributed by atoms with Crippen molar-refractivity contribution in [3.63, 3.8) is 0 Å². The molecule has 4 aromatic rings. The zero-order chi connectivity index (χ0) is 35.7. The molecule has 1 aliphatic carbocycles. The van der Waals surface area contributed by atoms with Crippen molar-refractivity contribution in [1.29, 1.82) is 0 Å². The third-order valence-corrected chi connectivity index (χ3v) is 12.5. The predicted molar refractivity (Wildman–Crippen MR) is 182 cm³/mol. The topological polar surface area (TPSA) is 89.9 Å². The van der Waals surface area contributed by atoms with E-state index < -0.39 is 46.2 Å². The molecule has 5 heterocycles. The Hall–Kier alpha value is -3.87. The number of nitrogens with one attached hydrogen (secondary N) is 1. The van der Waals surface area contributed by atoms with Gasteiger partial charge in [0.25, 0.3) is 0 Å². The maximum atomic E-state index is 17.0. The monoisotopic (exact) mass is 730 g/mol. The Morgan fingerprint density at radius 2 is 1.86 bits per heavy atom. The summed E-state index contributed by atoms with van der Waals surface area (Å²) < 4.78 is 104. The number of fused-ring (bicyclic) bond motifs is 3. The lowest BCUT2D eigenvalue weighted by atomic mass is 9.68. The van der Waals surface area contributed by atoms with Gasteiger partial charge in [-0.15, -0.1) is 11.3 Å². The van der Waals surface area contributed by atoms with Crippen molar-refractivity contribution in [2.75, 3.05) is 38.5 Å². The first-order valence-electron chi connectivity index (χ1n) is 17.3. The standard InChI is InChI=1S/C36H36F6N6O2S/c1-44-29-26-21(3-4-24(38)30(26)51-31(29)43)25-23(36(40,41)42)15-22-28(27(25)39)46-33(49-18-35-7-2-14-48(35)17-19(37)16-35)47-32(22)50-20-5-8-34(9-6-20)10-12-45-13-11-34/h3-4,15,19-20,45H,2,5-14,16-18,43H2/t19-,35+/m1/s1. The van der Waals surface area contributed by atoms with Crippen molar-refractivity contribution in [2.24, 2.45) is 5.41 Å². The number of halogens is 6. The SMILES string of the molecule is [C-]#[N+]c1c(N)sc2c(F)ccc(-c3c(C(F)(F)F)cc4c(OC5CCC6(CCNCC6)CC5)nc(OC[C@@]56CCCN5C[C@H](F)C6)nc4c3F)c12. The number of alkyl halides is 4. The van der Waals surface area contributed by atoms with Gasteiger partial charge in [-0.25, -0.2) is 18.0 Å². The van der Waals surface area contributed by atoms with E-state index in [0.29, 0.717) is 37.1 Å². The number of hydrogen-bond acceptors (Lipinski definition) is 8. The molecule has 1 saturated carbocycles. The Kier molecular flexibility index (Phi) is 8.50. The number of nitrogens with two attached hydrogens (primary N) is 1. The molecule has 0 amide bonds. The van der Waals surface area contributed by atoms with Crippen LogP contribution in [0.5, 0.6) is 11.9 Å². The van der Waals surface area contributed by atoms with E-state index >= 15 is 4.39 Å². The molecule has 270 valence electrons. The molecule has 0 radical (unpaired) electrons.